The van der Waals surface area contributed by atoms with Crippen LogP contribution in [0.5, 0.6) is 0 Å². The molecule has 0 saturated carbocycles. The number of imidazole rings is 1. The summed E-state index contributed by atoms with van der Waals surface area (Å²) in [5.74, 6) is 1.12. The highest BCUT2D eigenvalue weighted by molar-refractivity contribution is 5.98. The predicted molar refractivity (Wildman–Crippen MR) is 146 cm³/mol. The molecule has 4 aromatic rings. The number of fused-ring (bicyclic) bond motifs is 1. The van der Waals surface area contributed by atoms with E-state index in [9.17, 15) is 4.79 Å². The van der Waals surface area contributed by atoms with Crippen LogP contribution in [0, 0.1) is 6.92 Å². The first-order valence-corrected chi connectivity index (χ1v) is 12.6. The number of carbonyl (C=O) groups excluding carboxylic acids is 1. The number of rotatable bonds is 6. The lowest BCUT2D eigenvalue weighted by molar-refractivity contribution is 0.0747. The van der Waals surface area contributed by atoms with Gasteiger partial charge in [0, 0.05) is 56.5 Å². The van der Waals surface area contributed by atoms with Crippen molar-refractivity contribution in [3.8, 4) is 0 Å². The molecular formula is C29H32N6O2. The number of carbonyl (C=O) groups is 1. The average Bonchev–Trinajstić information content (AvgIpc) is 3.26. The quantitative estimate of drug-likeness (QED) is 0.183. The minimum absolute atomic E-state index is 0.0591. The van der Waals surface area contributed by atoms with Crippen LogP contribution in [-0.2, 0) is 19.9 Å². The van der Waals surface area contributed by atoms with Crippen molar-refractivity contribution in [3.63, 3.8) is 0 Å². The van der Waals surface area contributed by atoms with Gasteiger partial charge in [0.05, 0.1) is 11.0 Å². The summed E-state index contributed by atoms with van der Waals surface area (Å²) >= 11 is 0. The predicted octanol–water partition coefficient (Wildman–Crippen LogP) is 3.72. The SMILES string of the molecule is Cc1cccc(N2CCN(C(=O)c3ccc4c(c3)nc(CCc3ccc(/C(N)=N/O)cc3)n4C)CC2)c1. The Kier molecular flexibility index (Phi) is 6.81. The van der Waals surface area contributed by atoms with Crippen molar-refractivity contribution in [2.24, 2.45) is 17.9 Å². The molecule has 1 saturated heterocycles. The van der Waals surface area contributed by atoms with Gasteiger partial charge in [-0.25, -0.2) is 4.98 Å². The van der Waals surface area contributed by atoms with Crippen molar-refractivity contribution in [2.75, 3.05) is 31.1 Å². The Balaban J connectivity index is 1.24. The highest BCUT2D eigenvalue weighted by Gasteiger charge is 2.23. The summed E-state index contributed by atoms with van der Waals surface area (Å²) in [6.45, 7) is 5.16. The summed E-state index contributed by atoms with van der Waals surface area (Å²) in [6, 6.07) is 22.0. The smallest absolute Gasteiger partial charge is 0.254 e. The third-order valence-corrected chi connectivity index (χ3v) is 7.15. The molecule has 0 spiro atoms. The Hall–Kier alpha value is -4.33. The number of aryl methyl sites for hydroxylation is 4. The summed E-state index contributed by atoms with van der Waals surface area (Å²) in [5.41, 5.74) is 12.5. The number of aromatic nitrogens is 2. The van der Waals surface area contributed by atoms with Gasteiger partial charge >= 0.3 is 0 Å². The molecule has 0 radical (unpaired) electrons. The number of benzene rings is 3. The van der Waals surface area contributed by atoms with Crippen LogP contribution >= 0.6 is 0 Å². The van der Waals surface area contributed by atoms with Crippen molar-refractivity contribution in [1.29, 1.82) is 0 Å². The number of oxime groups is 1. The van der Waals surface area contributed by atoms with E-state index < -0.39 is 0 Å². The number of amides is 1. The van der Waals surface area contributed by atoms with Gasteiger partial charge < -0.3 is 25.3 Å². The van der Waals surface area contributed by atoms with Crippen LogP contribution in [0.1, 0.15) is 32.9 Å². The lowest BCUT2D eigenvalue weighted by Crippen LogP contribution is -2.48. The lowest BCUT2D eigenvalue weighted by atomic mass is 10.1. The maximum absolute atomic E-state index is 13.3. The van der Waals surface area contributed by atoms with Gasteiger partial charge in [-0.2, -0.15) is 0 Å². The second-order valence-corrected chi connectivity index (χ2v) is 9.59. The van der Waals surface area contributed by atoms with Crippen molar-refractivity contribution >= 4 is 28.5 Å². The molecule has 190 valence electrons. The zero-order valence-electron chi connectivity index (χ0n) is 21.3. The number of piperazine rings is 1. The fraction of sp³-hybridized carbons (Fsp3) is 0.276. The van der Waals surface area contributed by atoms with Crippen molar-refractivity contribution < 1.29 is 10.0 Å². The van der Waals surface area contributed by atoms with Gasteiger partial charge in [0.25, 0.3) is 5.91 Å². The molecule has 0 atom stereocenters. The lowest BCUT2D eigenvalue weighted by Gasteiger charge is -2.36. The first-order chi connectivity index (χ1) is 17.9. The molecule has 1 amide bonds. The second kappa shape index (κ2) is 10.3. The normalized spacial score (nSPS) is 14.4. The van der Waals surface area contributed by atoms with Crippen LogP contribution in [0.2, 0.25) is 0 Å². The van der Waals surface area contributed by atoms with E-state index in [1.807, 2.05) is 54.4 Å². The first-order valence-electron chi connectivity index (χ1n) is 12.6. The monoisotopic (exact) mass is 496 g/mol. The van der Waals surface area contributed by atoms with E-state index in [1.54, 1.807) is 0 Å². The summed E-state index contributed by atoms with van der Waals surface area (Å²) in [6.07, 6.45) is 1.57. The summed E-state index contributed by atoms with van der Waals surface area (Å²) in [5, 5.41) is 11.9. The van der Waals surface area contributed by atoms with Crippen LogP contribution in [-0.4, -0.2) is 57.6 Å². The first kappa shape index (κ1) is 24.4. The fourth-order valence-electron chi connectivity index (χ4n) is 4.94. The minimum Gasteiger partial charge on any atom is -0.409 e. The Morgan fingerprint density at radius 1 is 0.973 bits per heavy atom. The van der Waals surface area contributed by atoms with E-state index >= 15 is 0 Å². The minimum atomic E-state index is 0.0591. The molecule has 37 heavy (non-hydrogen) atoms. The molecule has 0 aliphatic carbocycles. The maximum atomic E-state index is 13.3. The fourth-order valence-corrected chi connectivity index (χ4v) is 4.94. The largest absolute Gasteiger partial charge is 0.409 e. The van der Waals surface area contributed by atoms with Crippen LogP contribution in [0.25, 0.3) is 11.0 Å². The van der Waals surface area contributed by atoms with Crippen molar-refractivity contribution in [3.05, 3.63) is 94.8 Å². The zero-order valence-corrected chi connectivity index (χ0v) is 21.3. The van der Waals surface area contributed by atoms with Crippen LogP contribution < -0.4 is 10.6 Å². The van der Waals surface area contributed by atoms with Gasteiger partial charge in [-0.3, -0.25) is 4.79 Å². The van der Waals surface area contributed by atoms with Gasteiger partial charge in [-0.15, -0.1) is 0 Å². The van der Waals surface area contributed by atoms with Crippen LogP contribution in [0.3, 0.4) is 0 Å². The average molecular weight is 497 g/mol. The summed E-state index contributed by atoms with van der Waals surface area (Å²) in [4.78, 5) is 22.4. The van der Waals surface area contributed by atoms with Crippen LogP contribution in [0.4, 0.5) is 5.69 Å². The van der Waals surface area contributed by atoms with Gasteiger partial charge in [-0.1, -0.05) is 41.6 Å². The topological polar surface area (TPSA) is 100.0 Å². The molecule has 5 rings (SSSR count). The van der Waals surface area contributed by atoms with E-state index in [1.165, 1.54) is 11.3 Å². The van der Waals surface area contributed by atoms with E-state index in [0.717, 1.165) is 48.4 Å². The van der Waals surface area contributed by atoms with Crippen molar-refractivity contribution in [1.82, 2.24) is 14.5 Å². The third kappa shape index (κ3) is 5.14. The highest BCUT2D eigenvalue weighted by atomic mass is 16.4. The Labute approximate surface area is 216 Å². The summed E-state index contributed by atoms with van der Waals surface area (Å²) < 4.78 is 2.09. The molecule has 2 heterocycles. The molecule has 3 aromatic carbocycles. The number of nitrogens with zero attached hydrogens (tertiary/aromatic N) is 5. The third-order valence-electron chi connectivity index (χ3n) is 7.15. The molecule has 0 unspecified atom stereocenters. The standard InChI is InChI=1S/C29H32N6O2/c1-20-4-3-5-24(18-20)34-14-16-35(17-15-34)29(36)23-11-12-26-25(19-23)31-27(33(26)2)13-8-21-6-9-22(10-7-21)28(30)32-37/h3-7,9-12,18-19,37H,8,13-17H2,1-2H3,(H2,30,32). The summed E-state index contributed by atoms with van der Waals surface area (Å²) in [7, 11) is 2.01. The molecule has 0 bridgehead atoms. The maximum Gasteiger partial charge on any atom is 0.254 e. The number of hydrogen-bond acceptors (Lipinski definition) is 5. The van der Waals surface area contributed by atoms with Gasteiger partial charge in [0.1, 0.15) is 5.82 Å². The molecule has 1 aliphatic heterocycles. The number of amidine groups is 1. The van der Waals surface area contributed by atoms with Gasteiger partial charge in [-0.05, 0) is 54.8 Å². The Morgan fingerprint density at radius 2 is 1.70 bits per heavy atom. The molecule has 8 nitrogen and oxygen atoms in total. The van der Waals surface area contributed by atoms with Gasteiger partial charge in [0.15, 0.2) is 5.84 Å². The Bertz CT molecular complexity index is 1450. The zero-order chi connectivity index (χ0) is 25.9. The van der Waals surface area contributed by atoms with E-state index in [0.29, 0.717) is 24.2 Å². The molecule has 1 fully saturated rings. The van der Waals surface area contributed by atoms with E-state index in [2.05, 4.69) is 45.8 Å². The number of nitrogens with two attached hydrogens (primary N) is 1. The van der Waals surface area contributed by atoms with Crippen molar-refractivity contribution in [2.45, 2.75) is 19.8 Å². The molecule has 3 N–H and O–H groups in total. The van der Waals surface area contributed by atoms with Crippen LogP contribution in [0.15, 0.2) is 71.9 Å². The van der Waals surface area contributed by atoms with E-state index in [-0.39, 0.29) is 11.7 Å². The molecular weight excluding hydrogens is 464 g/mol. The van der Waals surface area contributed by atoms with E-state index in [4.69, 9.17) is 15.9 Å². The molecule has 8 heteroatoms. The highest BCUT2D eigenvalue weighted by Crippen LogP contribution is 2.22. The second-order valence-electron chi connectivity index (χ2n) is 9.59. The Morgan fingerprint density at radius 3 is 2.41 bits per heavy atom. The van der Waals surface area contributed by atoms with Gasteiger partial charge in [0.2, 0.25) is 0 Å². The molecule has 1 aliphatic rings. The number of anilines is 1. The number of hydrogen-bond donors (Lipinski definition) is 2. The molecule has 1 aromatic heterocycles.